The summed E-state index contributed by atoms with van der Waals surface area (Å²) in [5, 5.41) is 0.776. The minimum atomic E-state index is -0.451. The first kappa shape index (κ1) is 15.0. The molecule has 0 saturated carbocycles. The third-order valence-electron chi connectivity index (χ3n) is 3.84. The van der Waals surface area contributed by atoms with E-state index in [0.717, 1.165) is 16.5 Å². The average Bonchev–Trinajstić information content (AvgIpc) is 2.84. The van der Waals surface area contributed by atoms with Gasteiger partial charge in [0.1, 0.15) is 12.4 Å². The standard InChI is InChI=1S/C18H18N2O3/c1-20-15-9-8-13(23-11-12-6-4-3-5-7-12)10-14(15)16(19)17(20)18(21)22-2/h3-10H,11,19H2,1-2H3. The van der Waals surface area contributed by atoms with Crippen molar-refractivity contribution in [1.82, 2.24) is 4.57 Å². The molecule has 0 spiro atoms. The van der Waals surface area contributed by atoms with Crippen LogP contribution in [-0.2, 0) is 18.4 Å². The third kappa shape index (κ3) is 2.73. The monoisotopic (exact) mass is 310 g/mol. The van der Waals surface area contributed by atoms with E-state index in [0.29, 0.717) is 23.7 Å². The first-order chi connectivity index (χ1) is 11.1. The Balaban J connectivity index is 1.93. The molecule has 2 N–H and O–H groups in total. The van der Waals surface area contributed by atoms with Crippen LogP contribution in [0.4, 0.5) is 5.69 Å². The number of carbonyl (C=O) groups excluding carboxylic acids is 1. The Kier molecular flexibility index (Phi) is 3.93. The topological polar surface area (TPSA) is 66.5 Å². The number of aryl methyl sites for hydroxylation is 1. The number of carbonyl (C=O) groups is 1. The molecule has 5 heteroatoms. The minimum Gasteiger partial charge on any atom is -0.489 e. The summed E-state index contributed by atoms with van der Waals surface area (Å²) < 4.78 is 12.3. The Morgan fingerprint density at radius 3 is 2.61 bits per heavy atom. The molecule has 2 aromatic carbocycles. The van der Waals surface area contributed by atoms with E-state index >= 15 is 0 Å². The van der Waals surface area contributed by atoms with Gasteiger partial charge in [-0.05, 0) is 23.8 Å². The van der Waals surface area contributed by atoms with Crippen LogP contribution in [0.1, 0.15) is 16.1 Å². The second-order valence-corrected chi connectivity index (χ2v) is 5.27. The van der Waals surface area contributed by atoms with Crippen molar-refractivity contribution in [3.05, 3.63) is 59.8 Å². The van der Waals surface area contributed by atoms with Crippen LogP contribution in [-0.4, -0.2) is 17.6 Å². The number of nitrogens with two attached hydrogens (primary N) is 1. The molecule has 0 fully saturated rings. The quantitative estimate of drug-likeness (QED) is 0.752. The molecular formula is C18H18N2O3. The van der Waals surface area contributed by atoms with Crippen LogP contribution in [0.5, 0.6) is 5.75 Å². The second kappa shape index (κ2) is 6.04. The number of anilines is 1. The molecule has 0 aliphatic rings. The number of fused-ring (bicyclic) bond motifs is 1. The van der Waals surface area contributed by atoms with Gasteiger partial charge in [0.15, 0.2) is 5.69 Å². The fourth-order valence-electron chi connectivity index (χ4n) is 2.63. The highest BCUT2D eigenvalue weighted by Crippen LogP contribution is 2.31. The molecule has 5 nitrogen and oxygen atoms in total. The van der Waals surface area contributed by atoms with E-state index < -0.39 is 5.97 Å². The van der Waals surface area contributed by atoms with Gasteiger partial charge in [0.05, 0.1) is 18.3 Å². The fourth-order valence-corrected chi connectivity index (χ4v) is 2.63. The van der Waals surface area contributed by atoms with Crippen molar-refractivity contribution in [3.63, 3.8) is 0 Å². The lowest BCUT2D eigenvalue weighted by Gasteiger charge is -2.07. The summed E-state index contributed by atoms with van der Waals surface area (Å²) in [6.07, 6.45) is 0. The zero-order valence-corrected chi connectivity index (χ0v) is 13.1. The molecule has 118 valence electrons. The highest BCUT2D eigenvalue weighted by Gasteiger charge is 2.20. The summed E-state index contributed by atoms with van der Waals surface area (Å²) in [5.74, 6) is 0.253. The van der Waals surface area contributed by atoms with Crippen molar-refractivity contribution in [2.45, 2.75) is 6.61 Å². The van der Waals surface area contributed by atoms with E-state index in [9.17, 15) is 4.79 Å². The Hall–Kier alpha value is -2.95. The van der Waals surface area contributed by atoms with Gasteiger partial charge < -0.3 is 19.8 Å². The highest BCUT2D eigenvalue weighted by atomic mass is 16.5. The van der Waals surface area contributed by atoms with Gasteiger partial charge in [0.25, 0.3) is 0 Å². The predicted molar refractivity (Wildman–Crippen MR) is 89.4 cm³/mol. The summed E-state index contributed by atoms with van der Waals surface area (Å²) in [5.41, 5.74) is 8.81. The highest BCUT2D eigenvalue weighted by molar-refractivity contribution is 6.06. The maximum Gasteiger partial charge on any atom is 0.356 e. The summed E-state index contributed by atoms with van der Waals surface area (Å²) in [4.78, 5) is 11.9. The van der Waals surface area contributed by atoms with Crippen molar-refractivity contribution in [2.75, 3.05) is 12.8 Å². The molecule has 3 aromatic rings. The zero-order valence-electron chi connectivity index (χ0n) is 13.1. The molecule has 0 atom stereocenters. The normalized spacial score (nSPS) is 10.7. The third-order valence-corrected chi connectivity index (χ3v) is 3.84. The number of aromatic nitrogens is 1. The maximum atomic E-state index is 11.9. The maximum absolute atomic E-state index is 11.9. The molecule has 1 aromatic heterocycles. The lowest BCUT2D eigenvalue weighted by Crippen LogP contribution is -2.09. The van der Waals surface area contributed by atoms with E-state index in [1.807, 2.05) is 48.5 Å². The Bertz CT molecular complexity index is 854. The number of nitrogens with zero attached hydrogens (tertiary/aromatic N) is 1. The van der Waals surface area contributed by atoms with Gasteiger partial charge in [-0.25, -0.2) is 4.79 Å². The zero-order chi connectivity index (χ0) is 16.4. The first-order valence-electron chi connectivity index (χ1n) is 7.24. The van der Waals surface area contributed by atoms with Crippen molar-refractivity contribution in [1.29, 1.82) is 0 Å². The number of ether oxygens (including phenoxy) is 2. The average molecular weight is 310 g/mol. The first-order valence-corrected chi connectivity index (χ1v) is 7.24. The number of hydrogen-bond donors (Lipinski definition) is 1. The Labute approximate surface area is 134 Å². The molecular weight excluding hydrogens is 292 g/mol. The Morgan fingerprint density at radius 1 is 1.17 bits per heavy atom. The number of benzene rings is 2. The van der Waals surface area contributed by atoms with Crippen LogP contribution >= 0.6 is 0 Å². The number of hydrogen-bond acceptors (Lipinski definition) is 4. The summed E-state index contributed by atoms with van der Waals surface area (Å²) in [6, 6.07) is 15.5. The summed E-state index contributed by atoms with van der Waals surface area (Å²) >= 11 is 0. The van der Waals surface area contributed by atoms with Crippen LogP contribution in [0, 0.1) is 0 Å². The number of methoxy groups -OCH3 is 1. The van der Waals surface area contributed by atoms with Crippen LogP contribution in [0.3, 0.4) is 0 Å². The van der Waals surface area contributed by atoms with Crippen LogP contribution in [0.25, 0.3) is 10.9 Å². The van der Waals surface area contributed by atoms with E-state index in [4.69, 9.17) is 15.2 Å². The van der Waals surface area contributed by atoms with Crippen molar-refractivity contribution in [3.8, 4) is 5.75 Å². The molecule has 0 amide bonds. The summed E-state index contributed by atoms with van der Waals surface area (Å²) in [7, 11) is 3.13. The van der Waals surface area contributed by atoms with Gasteiger partial charge in [-0.2, -0.15) is 0 Å². The van der Waals surface area contributed by atoms with E-state index in [1.54, 1.807) is 11.6 Å². The van der Waals surface area contributed by atoms with Gasteiger partial charge in [-0.3, -0.25) is 0 Å². The predicted octanol–water partition coefficient (Wildman–Crippen LogP) is 3.13. The van der Waals surface area contributed by atoms with Gasteiger partial charge in [0, 0.05) is 12.4 Å². The molecule has 3 rings (SSSR count). The van der Waals surface area contributed by atoms with Gasteiger partial charge in [-0.15, -0.1) is 0 Å². The molecule has 1 heterocycles. The van der Waals surface area contributed by atoms with Crippen molar-refractivity contribution < 1.29 is 14.3 Å². The number of nitrogen functional groups attached to an aromatic ring is 1. The largest absolute Gasteiger partial charge is 0.489 e. The van der Waals surface area contributed by atoms with E-state index in [1.165, 1.54) is 7.11 Å². The van der Waals surface area contributed by atoms with E-state index in [-0.39, 0.29) is 0 Å². The number of esters is 1. The van der Waals surface area contributed by atoms with Gasteiger partial charge >= 0.3 is 5.97 Å². The molecule has 0 aliphatic heterocycles. The van der Waals surface area contributed by atoms with Gasteiger partial charge in [0.2, 0.25) is 0 Å². The van der Waals surface area contributed by atoms with Crippen LogP contribution in [0.15, 0.2) is 48.5 Å². The number of rotatable bonds is 4. The van der Waals surface area contributed by atoms with Crippen molar-refractivity contribution >= 4 is 22.6 Å². The van der Waals surface area contributed by atoms with Crippen LogP contribution < -0.4 is 10.5 Å². The molecule has 0 saturated heterocycles. The molecule has 0 aliphatic carbocycles. The minimum absolute atomic E-state index is 0.350. The van der Waals surface area contributed by atoms with Crippen LogP contribution in [0.2, 0.25) is 0 Å². The van der Waals surface area contributed by atoms with Gasteiger partial charge in [-0.1, -0.05) is 30.3 Å². The SMILES string of the molecule is COC(=O)c1c(N)c2cc(OCc3ccccc3)ccc2n1C. The molecule has 23 heavy (non-hydrogen) atoms. The molecule has 0 radical (unpaired) electrons. The summed E-state index contributed by atoms with van der Waals surface area (Å²) in [6.45, 7) is 0.475. The van der Waals surface area contributed by atoms with E-state index in [2.05, 4.69) is 0 Å². The smallest absolute Gasteiger partial charge is 0.356 e. The Morgan fingerprint density at radius 2 is 1.91 bits per heavy atom. The lowest BCUT2D eigenvalue weighted by molar-refractivity contribution is 0.0592. The van der Waals surface area contributed by atoms with Crippen molar-refractivity contribution in [2.24, 2.45) is 7.05 Å². The fraction of sp³-hybridized carbons (Fsp3) is 0.167. The molecule has 0 bridgehead atoms. The molecule has 0 unspecified atom stereocenters. The second-order valence-electron chi connectivity index (χ2n) is 5.27. The lowest BCUT2D eigenvalue weighted by atomic mass is 10.2.